The van der Waals surface area contributed by atoms with Gasteiger partial charge in [-0.25, -0.2) is 0 Å². The lowest BCUT2D eigenvalue weighted by atomic mass is 10.1. The van der Waals surface area contributed by atoms with Crippen molar-refractivity contribution < 1.29 is 9.53 Å². The Balaban J connectivity index is 1.52. The molecule has 2 rings (SSSR count). The number of carbonyl (C=O) groups is 1. The molecule has 0 spiro atoms. The van der Waals surface area contributed by atoms with Gasteiger partial charge in [-0.05, 0) is 55.0 Å². The van der Waals surface area contributed by atoms with Crippen molar-refractivity contribution in [2.24, 2.45) is 0 Å². The minimum absolute atomic E-state index is 0.0255. The highest BCUT2D eigenvalue weighted by Crippen LogP contribution is 2.22. The molecule has 0 aliphatic heterocycles. The number of para-hydroxylation sites is 1. The topological polar surface area (TPSA) is 50.4 Å². The Labute approximate surface area is 199 Å². The molecule has 0 heterocycles. The number of benzene rings is 2. The van der Waals surface area contributed by atoms with Crippen molar-refractivity contribution in [3.63, 3.8) is 0 Å². The second-order valence-corrected chi connectivity index (χ2v) is 8.64. The maximum absolute atomic E-state index is 12.1. The minimum atomic E-state index is -0.0255. The smallest absolute Gasteiger partial charge is 0.226 e. The van der Waals surface area contributed by atoms with Gasteiger partial charge < -0.3 is 15.4 Å². The van der Waals surface area contributed by atoms with Crippen LogP contribution in [0.15, 0.2) is 54.6 Å². The zero-order valence-corrected chi connectivity index (χ0v) is 20.2. The number of anilines is 1. The first kappa shape index (κ1) is 25.9. The summed E-state index contributed by atoms with van der Waals surface area (Å²) in [7, 11) is 0. The van der Waals surface area contributed by atoms with E-state index < -0.39 is 0 Å². The lowest BCUT2D eigenvalue weighted by Gasteiger charge is -2.11. The Bertz CT molecular complexity index is 778. The third-order valence-corrected chi connectivity index (χ3v) is 5.56. The first-order chi connectivity index (χ1) is 15.7. The molecule has 1 amide bonds. The summed E-state index contributed by atoms with van der Waals surface area (Å²) in [5.41, 5.74) is 0.811. The van der Waals surface area contributed by atoms with Crippen molar-refractivity contribution in [2.45, 2.75) is 84.0 Å². The fourth-order valence-corrected chi connectivity index (χ4v) is 3.76. The monoisotopic (exact) mass is 454 g/mol. The Hall–Kier alpha value is -2.40. The van der Waals surface area contributed by atoms with E-state index >= 15 is 0 Å². The average molecular weight is 455 g/mol. The second-order valence-electron chi connectivity index (χ2n) is 8.23. The average Bonchev–Trinajstić information content (AvgIpc) is 2.79. The van der Waals surface area contributed by atoms with Gasteiger partial charge in [0.1, 0.15) is 11.5 Å². The molecule has 0 bridgehead atoms. The molecule has 2 aromatic carbocycles. The standard InChI is InChI=1S/C27H38N2O2S/c1-2-3-4-5-6-7-8-9-10-11-15-18-26(30)29-27(32)28-23-19-21-25(22-20-23)31-24-16-13-12-14-17-24/h12-14,16-17,19-22H,2-11,15,18H2,1H3,(H2,28,29,30,32). The van der Waals surface area contributed by atoms with E-state index in [1.165, 1.54) is 57.8 Å². The molecule has 0 aliphatic carbocycles. The molecule has 0 atom stereocenters. The maximum Gasteiger partial charge on any atom is 0.226 e. The first-order valence-electron chi connectivity index (χ1n) is 12.1. The van der Waals surface area contributed by atoms with Gasteiger partial charge in [-0.1, -0.05) is 89.3 Å². The number of amides is 1. The summed E-state index contributed by atoms with van der Waals surface area (Å²) in [6, 6.07) is 17.1. The van der Waals surface area contributed by atoms with E-state index in [9.17, 15) is 4.79 Å². The number of rotatable bonds is 15. The predicted octanol–water partition coefficient (Wildman–Crippen LogP) is 7.99. The van der Waals surface area contributed by atoms with E-state index in [0.717, 1.165) is 30.0 Å². The van der Waals surface area contributed by atoms with E-state index in [-0.39, 0.29) is 5.91 Å². The van der Waals surface area contributed by atoms with Crippen LogP contribution < -0.4 is 15.4 Å². The van der Waals surface area contributed by atoms with E-state index in [2.05, 4.69) is 17.6 Å². The van der Waals surface area contributed by atoms with Gasteiger partial charge in [0, 0.05) is 12.1 Å². The van der Waals surface area contributed by atoms with Crippen LogP contribution in [0.2, 0.25) is 0 Å². The molecular formula is C27H38N2O2S. The van der Waals surface area contributed by atoms with E-state index in [4.69, 9.17) is 17.0 Å². The van der Waals surface area contributed by atoms with Crippen molar-refractivity contribution in [1.29, 1.82) is 0 Å². The third-order valence-electron chi connectivity index (χ3n) is 5.35. The maximum atomic E-state index is 12.1. The molecule has 0 saturated carbocycles. The van der Waals surface area contributed by atoms with Crippen LogP contribution in [-0.2, 0) is 4.79 Å². The number of unbranched alkanes of at least 4 members (excludes halogenated alkanes) is 10. The lowest BCUT2D eigenvalue weighted by molar-refractivity contribution is -0.119. The molecule has 0 aliphatic rings. The highest BCUT2D eigenvalue weighted by molar-refractivity contribution is 7.80. The summed E-state index contributed by atoms with van der Waals surface area (Å²) in [5, 5.41) is 6.15. The molecule has 174 valence electrons. The van der Waals surface area contributed by atoms with E-state index in [0.29, 0.717) is 11.5 Å². The zero-order valence-electron chi connectivity index (χ0n) is 19.4. The number of hydrogen-bond acceptors (Lipinski definition) is 3. The summed E-state index contributed by atoms with van der Waals surface area (Å²) in [6.07, 6.45) is 14.5. The van der Waals surface area contributed by atoms with Gasteiger partial charge in [-0.2, -0.15) is 0 Å². The molecule has 4 nitrogen and oxygen atoms in total. The highest BCUT2D eigenvalue weighted by atomic mass is 32.1. The number of thiocarbonyl (C=S) groups is 1. The lowest BCUT2D eigenvalue weighted by Crippen LogP contribution is -2.33. The van der Waals surface area contributed by atoms with Crippen LogP contribution in [0.4, 0.5) is 5.69 Å². The Kier molecular flexibility index (Phi) is 13.1. The van der Waals surface area contributed by atoms with Gasteiger partial charge in [0.2, 0.25) is 5.91 Å². The van der Waals surface area contributed by atoms with Crippen LogP contribution in [0.1, 0.15) is 84.0 Å². The first-order valence-corrected chi connectivity index (χ1v) is 12.5. The van der Waals surface area contributed by atoms with E-state index in [1.807, 2.05) is 54.6 Å². The summed E-state index contributed by atoms with van der Waals surface area (Å²) in [4.78, 5) is 12.1. The number of carbonyl (C=O) groups excluding carboxylic acids is 1. The van der Waals surface area contributed by atoms with Crippen molar-refractivity contribution >= 4 is 28.9 Å². The summed E-state index contributed by atoms with van der Waals surface area (Å²) in [6.45, 7) is 2.26. The number of hydrogen-bond donors (Lipinski definition) is 2. The van der Waals surface area contributed by atoms with Crippen molar-refractivity contribution in [3.8, 4) is 11.5 Å². The molecule has 32 heavy (non-hydrogen) atoms. The van der Waals surface area contributed by atoms with Crippen LogP contribution in [0.25, 0.3) is 0 Å². The fraction of sp³-hybridized carbons (Fsp3) is 0.481. The largest absolute Gasteiger partial charge is 0.457 e. The van der Waals surface area contributed by atoms with Crippen LogP contribution in [-0.4, -0.2) is 11.0 Å². The SMILES string of the molecule is CCCCCCCCCCCCCC(=O)NC(=S)Nc1ccc(Oc2ccccc2)cc1. The summed E-state index contributed by atoms with van der Waals surface area (Å²) in [5.74, 6) is 1.51. The highest BCUT2D eigenvalue weighted by Gasteiger charge is 2.05. The van der Waals surface area contributed by atoms with Gasteiger partial charge in [0.05, 0.1) is 0 Å². The molecule has 0 aromatic heterocycles. The number of ether oxygens (including phenoxy) is 1. The molecule has 0 radical (unpaired) electrons. The van der Waals surface area contributed by atoms with Gasteiger partial charge in [0.25, 0.3) is 0 Å². The Morgan fingerprint density at radius 3 is 1.88 bits per heavy atom. The van der Waals surface area contributed by atoms with Crippen LogP contribution in [0.3, 0.4) is 0 Å². The quantitative estimate of drug-likeness (QED) is 0.211. The number of nitrogens with one attached hydrogen (secondary N) is 2. The van der Waals surface area contributed by atoms with Gasteiger partial charge in [0.15, 0.2) is 5.11 Å². The predicted molar refractivity (Wildman–Crippen MR) is 138 cm³/mol. The van der Waals surface area contributed by atoms with Gasteiger partial charge in [-0.3, -0.25) is 4.79 Å². The molecule has 0 saturated heterocycles. The van der Waals surface area contributed by atoms with Crippen LogP contribution >= 0.6 is 12.2 Å². The van der Waals surface area contributed by atoms with Crippen LogP contribution in [0, 0.1) is 0 Å². The second kappa shape index (κ2) is 16.3. The van der Waals surface area contributed by atoms with Crippen molar-refractivity contribution in [2.75, 3.05) is 5.32 Å². The molecule has 2 aromatic rings. The molecule has 0 fully saturated rings. The summed E-state index contributed by atoms with van der Waals surface area (Å²) < 4.78 is 5.78. The van der Waals surface area contributed by atoms with Crippen molar-refractivity contribution in [1.82, 2.24) is 5.32 Å². The fourth-order valence-electron chi connectivity index (χ4n) is 3.53. The Morgan fingerprint density at radius 1 is 0.750 bits per heavy atom. The zero-order chi connectivity index (χ0) is 22.9. The van der Waals surface area contributed by atoms with Gasteiger partial charge >= 0.3 is 0 Å². The molecule has 2 N–H and O–H groups in total. The molecular weight excluding hydrogens is 416 g/mol. The molecule has 5 heteroatoms. The Morgan fingerprint density at radius 2 is 1.28 bits per heavy atom. The summed E-state index contributed by atoms with van der Waals surface area (Å²) >= 11 is 5.26. The minimum Gasteiger partial charge on any atom is -0.457 e. The van der Waals surface area contributed by atoms with Gasteiger partial charge in [-0.15, -0.1) is 0 Å². The normalized spacial score (nSPS) is 10.5. The van der Waals surface area contributed by atoms with Crippen molar-refractivity contribution in [3.05, 3.63) is 54.6 Å². The third kappa shape index (κ3) is 11.8. The van der Waals surface area contributed by atoms with Crippen LogP contribution in [0.5, 0.6) is 11.5 Å². The van der Waals surface area contributed by atoms with E-state index in [1.54, 1.807) is 0 Å². The molecule has 0 unspecified atom stereocenters.